The van der Waals surface area contributed by atoms with Crippen molar-refractivity contribution in [3.05, 3.63) is 94.5 Å². The lowest BCUT2D eigenvalue weighted by Crippen LogP contribution is -2.32. The van der Waals surface area contributed by atoms with Gasteiger partial charge < -0.3 is 10.1 Å². The van der Waals surface area contributed by atoms with Gasteiger partial charge >= 0.3 is 11.8 Å². The van der Waals surface area contributed by atoms with Gasteiger partial charge in [-0.1, -0.05) is 59.7 Å². The average Bonchev–Trinajstić information content (AvgIpc) is 2.75. The molecule has 0 saturated heterocycles. The van der Waals surface area contributed by atoms with Crippen LogP contribution in [0.1, 0.15) is 27.8 Å². The molecular formula is C25H25N3O3. The van der Waals surface area contributed by atoms with Crippen molar-refractivity contribution >= 4 is 23.7 Å². The van der Waals surface area contributed by atoms with Crippen LogP contribution in [-0.2, 0) is 16.2 Å². The maximum absolute atomic E-state index is 12.1. The summed E-state index contributed by atoms with van der Waals surface area (Å²) >= 11 is 0. The van der Waals surface area contributed by atoms with E-state index in [0.29, 0.717) is 18.0 Å². The second-order valence-corrected chi connectivity index (χ2v) is 7.32. The van der Waals surface area contributed by atoms with Gasteiger partial charge in [-0.25, -0.2) is 5.43 Å². The van der Waals surface area contributed by atoms with Crippen molar-refractivity contribution in [1.82, 2.24) is 5.43 Å². The van der Waals surface area contributed by atoms with Crippen molar-refractivity contribution in [1.29, 1.82) is 0 Å². The van der Waals surface area contributed by atoms with Crippen molar-refractivity contribution in [3.8, 4) is 5.75 Å². The minimum atomic E-state index is -0.844. The second-order valence-electron chi connectivity index (χ2n) is 7.32. The van der Waals surface area contributed by atoms with Gasteiger partial charge in [0.1, 0.15) is 12.4 Å². The van der Waals surface area contributed by atoms with Gasteiger partial charge in [-0.3, -0.25) is 9.59 Å². The van der Waals surface area contributed by atoms with Gasteiger partial charge in [0.05, 0.1) is 6.21 Å². The molecule has 158 valence electrons. The van der Waals surface area contributed by atoms with Crippen LogP contribution in [0.15, 0.2) is 71.8 Å². The predicted molar refractivity (Wildman–Crippen MR) is 122 cm³/mol. The molecule has 0 aromatic heterocycles. The van der Waals surface area contributed by atoms with Gasteiger partial charge in [-0.15, -0.1) is 0 Å². The number of nitrogens with zero attached hydrogens (tertiary/aromatic N) is 1. The van der Waals surface area contributed by atoms with Crippen molar-refractivity contribution in [3.63, 3.8) is 0 Å². The number of hydrogen-bond acceptors (Lipinski definition) is 4. The van der Waals surface area contributed by atoms with Crippen LogP contribution in [0.2, 0.25) is 0 Å². The van der Waals surface area contributed by atoms with E-state index in [1.807, 2.05) is 75.4 Å². The predicted octanol–water partition coefficient (Wildman–Crippen LogP) is 4.28. The first-order valence-electron chi connectivity index (χ1n) is 9.91. The van der Waals surface area contributed by atoms with Crippen LogP contribution < -0.4 is 15.5 Å². The molecule has 0 heterocycles. The molecule has 0 bridgehead atoms. The number of benzene rings is 3. The highest BCUT2D eigenvalue weighted by atomic mass is 16.5. The summed E-state index contributed by atoms with van der Waals surface area (Å²) in [5, 5.41) is 6.45. The summed E-state index contributed by atoms with van der Waals surface area (Å²) in [6.45, 7) is 6.32. The van der Waals surface area contributed by atoms with Crippen LogP contribution in [0.3, 0.4) is 0 Å². The smallest absolute Gasteiger partial charge is 0.329 e. The molecule has 0 atom stereocenters. The summed E-state index contributed by atoms with van der Waals surface area (Å²) in [7, 11) is 0. The highest BCUT2D eigenvalue weighted by Gasteiger charge is 2.13. The second kappa shape index (κ2) is 10.2. The number of carbonyl (C=O) groups is 2. The number of nitrogens with one attached hydrogen (secondary N) is 2. The van der Waals surface area contributed by atoms with E-state index < -0.39 is 11.8 Å². The zero-order valence-electron chi connectivity index (χ0n) is 17.8. The topological polar surface area (TPSA) is 79.8 Å². The van der Waals surface area contributed by atoms with Crippen LogP contribution in [0.5, 0.6) is 5.75 Å². The van der Waals surface area contributed by atoms with E-state index in [1.54, 1.807) is 12.1 Å². The molecule has 2 amide bonds. The Bertz CT molecular complexity index is 1110. The Morgan fingerprint density at radius 1 is 0.903 bits per heavy atom. The monoisotopic (exact) mass is 415 g/mol. The van der Waals surface area contributed by atoms with E-state index in [0.717, 1.165) is 22.3 Å². The molecule has 2 N–H and O–H groups in total. The van der Waals surface area contributed by atoms with Crippen LogP contribution in [0, 0.1) is 20.8 Å². The quantitative estimate of drug-likeness (QED) is 0.358. The van der Waals surface area contributed by atoms with Crippen molar-refractivity contribution in [2.75, 3.05) is 5.32 Å². The number of carbonyl (C=O) groups excluding carboxylic acids is 2. The van der Waals surface area contributed by atoms with E-state index in [-0.39, 0.29) is 0 Å². The Balaban J connectivity index is 1.52. The zero-order chi connectivity index (χ0) is 22.2. The summed E-state index contributed by atoms with van der Waals surface area (Å²) in [5.41, 5.74) is 7.80. The van der Waals surface area contributed by atoms with Crippen LogP contribution in [0.25, 0.3) is 0 Å². The van der Waals surface area contributed by atoms with Crippen LogP contribution in [0.4, 0.5) is 5.69 Å². The number of rotatable bonds is 6. The molecule has 0 spiro atoms. The third-order valence-electron chi connectivity index (χ3n) is 4.60. The van der Waals surface area contributed by atoms with Crippen molar-refractivity contribution in [2.24, 2.45) is 5.10 Å². The van der Waals surface area contributed by atoms with Gasteiger partial charge in [-0.2, -0.15) is 5.10 Å². The van der Waals surface area contributed by atoms with Crippen LogP contribution in [-0.4, -0.2) is 18.0 Å². The fraction of sp³-hybridized carbons (Fsp3) is 0.160. The molecule has 0 aliphatic carbocycles. The number of ether oxygens (including phenoxy) is 1. The fourth-order valence-electron chi connectivity index (χ4n) is 2.88. The first kappa shape index (κ1) is 21.8. The third-order valence-corrected chi connectivity index (χ3v) is 4.60. The standard InChI is InChI=1S/C25H25N3O3/c1-17-7-10-20(11-8-17)16-31-22-6-4-5-21(14-22)15-26-28-25(30)24(29)27-23-12-9-18(2)13-19(23)3/h4-15H,16H2,1-3H3,(H,27,29)(H,28,30)/b26-15+. The third kappa shape index (κ3) is 6.54. The van der Waals surface area contributed by atoms with Crippen LogP contribution >= 0.6 is 0 Å². The lowest BCUT2D eigenvalue weighted by atomic mass is 10.1. The highest BCUT2D eigenvalue weighted by Crippen LogP contribution is 2.16. The minimum absolute atomic E-state index is 0.455. The van der Waals surface area contributed by atoms with E-state index >= 15 is 0 Å². The van der Waals surface area contributed by atoms with E-state index in [1.165, 1.54) is 11.8 Å². The minimum Gasteiger partial charge on any atom is -0.489 e. The molecule has 0 saturated carbocycles. The maximum Gasteiger partial charge on any atom is 0.329 e. The summed E-state index contributed by atoms with van der Waals surface area (Å²) in [5.74, 6) is -0.939. The summed E-state index contributed by atoms with van der Waals surface area (Å²) in [6.07, 6.45) is 1.46. The number of anilines is 1. The SMILES string of the molecule is Cc1ccc(COc2cccc(/C=N/NC(=O)C(=O)Nc3ccc(C)cc3C)c2)cc1. The van der Waals surface area contributed by atoms with Crippen molar-refractivity contribution in [2.45, 2.75) is 27.4 Å². The average molecular weight is 415 g/mol. The summed E-state index contributed by atoms with van der Waals surface area (Å²) < 4.78 is 5.81. The van der Waals surface area contributed by atoms with Gasteiger partial charge in [-0.05, 0) is 55.7 Å². The number of hydrogen-bond donors (Lipinski definition) is 2. The van der Waals surface area contributed by atoms with E-state index in [9.17, 15) is 9.59 Å². The first-order chi connectivity index (χ1) is 14.9. The lowest BCUT2D eigenvalue weighted by Gasteiger charge is -2.08. The van der Waals surface area contributed by atoms with Gasteiger partial charge in [0.25, 0.3) is 0 Å². The Kier molecular flexibility index (Phi) is 7.17. The molecule has 0 radical (unpaired) electrons. The number of hydrazone groups is 1. The lowest BCUT2D eigenvalue weighted by molar-refractivity contribution is -0.136. The largest absolute Gasteiger partial charge is 0.489 e. The molecule has 6 heteroatoms. The Hall–Kier alpha value is -3.93. The first-order valence-corrected chi connectivity index (χ1v) is 9.91. The Morgan fingerprint density at radius 3 is 2.39 bits per heavy atom. The number of aryl methyl sites for hydroxylation is 3. The van der Waals surface area contributed by atoms with E-state index in [4.69, 9.17) is 4.74 Å². The van der Waals surface area contributed by atoms with Gasteiger partial charge in [0, 0.05) is 5.69 Å². The van der Waals surface area contributed by atoms with Gasteiger partial charge in [0.2, 0.25) is 0 Å². The normalized spacial score (nSPS) is 10.7. The molecule has 3 aromatic rings. The Morgan fingerprint density at radius 2 is 1.65 bits per heavy atom. The fourth-order valence-corrected chi connectivity index (χ4v) is 2.88. The number of amides is 2. The molecular weight excluding hydrogens is 390 g/mol. The summed E-state index contributed by atoms with van der Waals surface area (Å²) in [6, 6.07) is 21.0. The molecule has 3 rings (SSSR count). The van der Waals surface area contributed by atoms with Crippen molar-refractivity contribution < 1.29 is 14.3 Å². The van der Waals surface area contributed by atoms with Gasteiger partial charge in [0.15, 0.2) is 0 Å². The molecule has 31 heavy (non-hydrogen) atoms. The van der Waals surface area contributed by atoms with E-state index in [2.05, 4.69) is 15.8 Å². The molecule has 3 aromatic carbocycles. The molecule has 0 unspecified atom stereocenters. The highest BCUT2D eigenvalue weighted by molar-refractivity contribution is 6.39. The maximum atomic E-state index is 12.1. The molecule has 6 nitrogen and oxygen atoms in total. The molecule has 0 aliphatic heterocycles. The zero-order valence-corrected chi connectivity index (χ0v) is 17.8. The molecule has 0 fully saturated rings. The molecule has 0 aliphatic rings. The summed E-state index contributed by atoms with van der Waals surface area (Å²) in [4.78, 5) is 24.1. The Labute approximate surface area is 182 Å².